The normalized spacial score (nSPS) is 21.8. The van der Waals surface area contributed by atoms with E-state index in [-0.39, 0.29) is 42.9 Å². The maximum atomic E-state index is 16.4. The van der Waals surface area contributed by atoms with Crippen molar-refractivity contribution in [1.82, 2.24) is 36.1 Å². The Bertz CT molecular complexity index is 1610. The van der Waals surface area contributed by atoms with Crippen LogP contribution >= 0.6 is 11.6 Å². The van der Waals surface area contributed by atoms with Crippen LogP contribution < -0.4 is 21.3 Å². The van der Waals surface area contributed by atoms with Crippen molar-refractivity contribution in [3.05, 3.63) is 36.4 Å². The van der Waals surface area contributed by atoms with Crippen LogP contribution in [0.3, 0.4) is 0 Å². The first kappa shape index (κ1) is 43.3. The summed E-state index contributed by atoms with van der Waals surface area (Å²) in [6, 6.07) is -3.93. The highest BCUT2D eigenvalue weighted by Crippen LogP contribution is 2.31. The minimum atomic E-state index is -3.06. The summed E-state index contributed by atoms with van der Waals surface area (Å²) in [6.45, 7) is 8.22. The summed E-state index contributed by atoms with van der Waals surface area (Å²) < 4.78 is 22.2. The number of ketones is 1. The summed E-state index contributed by atoms with van der Waals surface area (Å²) in [7, 11) is 0. The Morgan fingerprint density at radius 3 is 2.35 bits per heavy atom. The molecule has 55 heavy (non-hydrogen) atoms. The SMILES string of the molecule is CCCC(F)(NC(=O)C1CC(OC(=N)/C=C\C(C)Cl)CN1C(=O)C(NC(=O)C(NC(=O)c1cnccn1)C1CCCCC1)C(C)(C)C)C(=O)C(=O)NC1CC1. The number of likely N-dealkylation sites (tertiary alicyclic amines) is 1. The minimum Gasteiger partial charge on any atom is -0.473 e. The van der Waals surface area contributed by atoms with Gasteiger partial charge in [0.15, 0.2) is 0 Å². The van der Waals surface area contributed by atoms with E-state index in [2.05, 4.69) is 31.2 Å². The van der Waals surface area contributed by atoms with E-state index in [4.69, 9.17) is 21.7 Å². The maximum absolute atomic E-state index is 16.4. The van der Waals surface area contributed by atoms with E-state index < -0.39 is 82.6 Å². The number of nitrogens with one attached hydrogen (secondary N) is 5. The molecule has 6 atom stereocenters. The number of halogens is 2. The predicted molar refractivity (Wildman–Crippen MR) is 201 cm³/mol. The zero-order valence-electron chi connectivity index (χ0n) is 32.2. The van der Waals surface area contributed by atoms with Gasteiger partial charge in [0.2, 0.25) is 23.6 Å². The number of carbonyl (C=O) groups is 6. The van der Waals surface area contributed by atoms with Gasteiger partial charge in [-0.2, -0.15) is 0 Å². The number of amides is 5. The third-order valence-corrected chi connectivity index (χ3v) is 10.1. The van der Waals surface area contributed by atoms with Gasteiger partial charge in [0.1, 0.15) is 29.9 Å². The molecule has 1 aromatic heterocycles. The number of Topliss-reactive ketones (excluding diaryl/α,β-unsaturated/α-hetero) is 1. The molecule has 0 radical (unpaired) electrons. The molecule has 3 aliphatic rings. The number of alkyl halides is 2. The lowest BCUT2D eigenvalue weighted by Crippen LogP contribution is -2.63. The molecule has 2 heterocycles. The van der Waals surface area contributed by atoms with Crippen molar-refractivity contribution in [2.45, 2.75) is 140 Å². The molecule has 0 spiro atoms. The van der Waals surface area contributed by atoms with Gasteiger partial charge in [-0.15, -0.1) is 11.6 Å². The lowest BCUT2D eigenvalue weighted by atomic mass is 9.82. The Morgan fingerprint density at radius 1 is 1.07 bits per heavy atom. The van der Waals surface area contributed by atoms with Gasteiger partial charge in [-0.25, -0.2) is 9.37 Å². The van der Waals surface area contributed by atoms with Crippen LogP contribution in [0.4, 0.5) is 4.39 Å². The van der Waals surface area contributed by atoms with Gasteiger partial charge in [0.05, 0.1) is 12.7 Å². The van der Waals surface area contributed by atoms with Gasteiger partial charge in [0.25, 0.3) is 23.4 Å². The lowest BCUT2D eigenvalue weighted by molar-refractivity contribution is -0.151. The van der Waals surface area contributed by atoms with Crippen LogP contribution in [-0.2, 0) is 28.7 Å². The molecule has 302 valence electrons. The Balaban J connectivity index is 1.62. The second-order valence-corrected chi connectivity index (χ2v) is 16.4. The minimum absolute atomic E-state index is 0.0213. The molecule has 2 aliphatic carbocycles. The first-order chi connectivity index (χ1) is 25.9. The molecule has 17 heteroatoms. The van der Waals surface area contributed by atoms with Crippen molar-refractivity contribution in [2.75, 3.05) is 6.54 Å². The number of ether oxygens (including phenoxy) is 1. The fourth-order valence-corrected chi connectivity index (χ4v) is 6.94. The predicted octanol–water partition coefficient (Wildman–Crippen LogP) is 3.26. The van der Waals surface area contributed by atoms with E-state index in [9.17, 15) is 28.8 Å². The average molecular weight is 789 g/mol. The molecule has 1 saturated heterocycles. The van der Waals surface area contributed by atoms with Crippen LogP contribution in [-0.4, -0.2) is 104 Å². The molecule has 1 aromatic rings. The van der Waals surface area contributed by atoms with Crippen molar-refractivity contribution in [1.29, 1.82) is 5.41 Å². The van der Waals surface area contributed by atoms with Crippen molar-refractivity contribution in [2.24, 2.45) is 11.3 Å². The summed E-state index contributed by atoms with van der Waals surface area (Å²) in [6.07, 6.45) is 10.8. The molecule has 2 saturated carbocycles. The summed E-state index contributed by atoms with van der Waals surface area (Å²) in [5.74, 6) is -9.14. The molecular formula is C38H54ClFN8O7. The molecule has 4 rings (SSSR count). The van der Waals surface area contributed by atoms with Gasteiger partial charge in [-0.1, -0.05) is 59.5 Å². The Kier molecular flexibility index (Phi) is 14.9. The second-order valence-electron chi connectivity index (χ2n) is 15.7. The smallest absolute Gasteiger partial charge is 0.293 e. The third kappa shape index (κ3) is 12.0. The highest BCUT2D eigenvalue weighted by molar-refractivity contribution is 6.39. The Hall–Kier alpha value is -4.47. The maximum Gasteiger partial charge on any atom is 0.293 e. The zero-order valence-corrected chi connectivity index (χ0v) is 32.9. The van der Waals surface area contributed by atoms with E-state index in [1.807, 2.05) is 0 Å². The molecule has 0 aromatic carbocycles. The van der Waals surface area contributed by atoms with Crippen molar-refractivity contribution in [3.63, 3.8) is 0 Å². The molecule has 15 nitrogen and oxygen atoms in total. The van der Waals surface area contributed by atoms with Gasteiger partial charge in [-0.05, 0) is 50.0 Å². The zero-order chi connectivity index (χ0) is 40.5. The summed E-state index contributed by atoms with van der Waals surface area (Å²) in [5.41, 5.74) is -0.930. The largest absolute Gasteiger partial charge is 0.473 e. The number of nitrogens with zero attached hydrogens (tertiary/aromatic N) is 3. The van der Waals surface area contributed by atoms with Gasteiger partial charge in [-0.3, -0.25) is 39.2 Å². The Labute approximate surface area is 326 Å². The third-order valence-electron chi connectivity index (χ3n) is 9.94. The van der Waals surface area contributed by atoms with E-state index in [0.717, 1.165) is 24.2 Å². The summed E-state index contributed by atoms with van der Waals surface area (Å²) in [4.78, 5) is 91.0. The monoisotopic (exact) mass is 788 g/mol. The van der Waals surface area contributed by atoms with Crippen LogP contribution in [0.1, 0.15) is 109 Å². The number of hydrogen-bond acceptors (Lipinski definition) is 10. The number of allylic oxidation sites excluding steroid dienone is 1. The number of carbonyl (C=O) groups excluding carboxylic acids is 6. The van der Waals surface area contributed by atoms with E-state index in [1.165, 1.54) is 30.7 Å². The first-order valence-corrected chi connectivity index (χ1v) is 19.5. The highest BCUT2D eigenvalue weighted by Gasteiger charge is 2.50. The Morgan fingerprint density at radius 2 is 1.76 bits per heavy atom. The molecule has 6 unspecified atom stereocenters. The van der Waals surface area contributed by atoms with Crippen LogP contribution in [0, 0.1) is 16.7 Å². The molecule has 3 fully saturated rings. The van der Waals surface area contributed by atoms with Gasteiger partial charge < -0.3 is 30.9 Å². The lowest BCUT2D eigenvalue weighted by Gasteiger charge is -2.37. The van der Waals surface area contributed by atoms with E-state index >= 15 is 4.39 Å². The van der Waals surface area contributed by atoms with E-state index in [0.29, 0.717) is 25.7 Å². The van der Waals surface area contributed by atoms with Crippen LogP contribution in [0.2, 0.25) is 0 Å². The second kappa shape index (κ2) is 18.9. The van der Waals surface area contributed by atoms with Crippen LogP contribution in [0.25, 0.3) is 0 Å². The first-order valence-electron chi connectivity index (χ1n) is 19.0. The summed E-state index contributed by atoms with van der Waals surface area (Å²) >= 11 is 5.98. The molecule has 1 aliphatic heterocycles. The van der Waals surface area contributed by atoms with Crippen LogP contribution in [0.15, 0.2) is 30.7 Å². The van der Waals surface area contributed by atoms with Crippen LogP contribution in [0.5, 0.6) is 0 Å². The molecule has 5 amide bonds. The van der Waals surface area contributed by atoms with Gasteiger partial charge in [0, 0.05) is 36.7 Å². The number of aromatic nitrogens is 2. The highest BCUT2D eigenvalue weighted by atomic mass is 35.5. The van der Waals surface area contributed by atoms with Gasteiger partial charge >= 0.3 is 0 Å². The quantitative estimate of drug-likeness (QED) is 0.0546. The molecule has 0 bridgehead atoms. The standard InChI is InChI=1S/C38H54ClFN8O7/c1-6-16-38(40,31(49)35(53)44-24-13-14-24)47-33(51)27-19-25(55-28(41)15-12-22(2)39)21-48(27)36(54)30(37(3,4)5)46-34(52)29(23-10-8-7-9-11-23)45-32(50)26-20-42-17-18-43-26/h12,15,17-18,20,22-25,27,29-30,41H,6-11,13-14,16,19,21H2,1-5H3,(H,44,53)(H,45,50)(H,46,52)(H,47,51)/b15-12-,41-28?. The molecule has 5 N–H and O–H groups in total. The number of rotatable bonds is 16. The number of hydrogen-bond donors (Lipinski definition) is 5. The van der Waals surface area contributed by atoms with E-state index in [1.54, 1.807) is 34.6 Å². The topological polar surface area (TPSA) is 213 Å². The fraction of sp³-hybridized carbons (Fsp3) is 0.658. The molecular weight excluding hydrogens is 735 g/mol. The van der Waals surface area contributed by atoms with Crippen molar-refractivity contribution >= 4 is 52.8 Å². The van der Waals surface area contributed by atoms with Crippen molar-refractivity contribution < 1.29 is 37.9 Å². The summed E-state index contributed by atoms with van der Waals surface area (Å²) in [5, 5.41) is 18.1. The average Bonchev–Trinajstić information content (AvgIpc) is 3.86. The van der Waals surface area contributed by atoms with Crippen molar-refractivity contribution in [3.8, 4) is 0 Å². The fourth-order valence-electron chi connectivity index (χ4n) is 6.87.